The third kappa shape index (κ3) is 3.61. The molecule has 0 radical (unpaired) electrons. The number of nitrogens with zero attached hydrogens (tertiary/aromatic N) is 4. The van der Waals surface area contributed by atoms with Crippen LogP contribution in [0.4, 0.5) is 23.3 Å². The van der Waals surface area contributed by atoms with Gasteiger partial charge in [-0.1, -0.05) is 18.2 Å². The molecule has 0 aliphatic carbocycles. The molecule has 8 nitrogen and oxygen atoms in total. The number of anilines is 4. The van der Waals surface area contributed by atoms with E-state index < -0.39 is 0 Å². The largest absolute Gasteiger partial charge is 0.493 e. The summed E-state index contributed by atoms with van der Waals surface area (Å²) in [6, 6.07) is 13.5. The van der Waals surface area contributed by atoms with Crippen LogP contribution in [0.25, 0.3) is 10.9 Å². The zero-order valence-electron chi connectivity index (χ0n) is 15.4. The van der Waals surface area contributed by atoms with Gasteiger partial charge in [0.05, 0.1) is 25.9 Å². The number of hydrogen-bond acceptors (Lipinski definition) is 8. The fraction of sp³-hybridized carbons (Fsp3) is 0.100. The molecular weight excluding hydrogens is 356 g/mol. The van der Waals surface area contributed by atoms with Crippen molar-refractivity contribution in [1.82, 2.24) is 19.9 Å². The molecule has 2 aromatic carbocycles. The Morgan fingerprint density at radius 1 is 0.857 bits per heavy atom. The first-order valence-electron chi connectivity index (χ1n) is 8.55. The number of ether oxygens (including phenoxy) is 2. The predicted octanol–water partition coefficient (Wildman–Crippen LogP) is 3.92. The molecule has 8 heteroatoms. The Bertz CT molecular complexity index is 1090. The number of fused-ring (bicyclic) bond motifs is 1. The standard InChI is InChI=1S/C20H18N6O2/c1-27-16-10-14-15(11-17(16)28-2)24-20(25-18-12-21-8-9-22-18)26-19(14)23-13-6-4-3-5-7-13/h3-12H,1-2H3,(H2,22,23,24,25,26). The molecule has 0 aliphatic heterocycles. The first-order chi connectivity index (χ1) is 13.8. The van der Waals surface area contributed by atoms with Crippen LogP contribution in [0.2, 0.25) is 0 Å². The van der Waals surface area contributed by atoms with Crippen molar-refractivity contribution in [2.45, 2.75) is 0 Å². The molecule has 0 spiro atoms. The van der Waals surface area contributed by atoms with Crippen molar-refractivity contribution in [2.75, 3.05) is 24.9 Å². The Hall–Kier alpha value is -3.94. The molecule has 0 unspecified atom stereocenters. The molecular formula is C20H18N6O2. The van der Waals surface area contributed by atoms with E-state index in [9.17, 15) is 0 Å². The van der Waals surface area contributed by atoms with Gasteiger partial charge in [-0.3, -0.25) is 4.98 Å². The molecule has 0 saturated carbocycles. The van der Waals surface area contributed by atoms with Crippen LogP contribution in [-0.4, -0.2) is 34.2 Å². The number of hydrogen-bond donors (Lipinski definition) is 2. The van der Waals surface area contributed by atoms with Gasteiger partial charge in [0.1, 0.15) is 5.82 Å². The van der Waals surface area contributed by atoms with E-state index in [0.717, 1.165) is 11.1 Å². The van der Waals surface area contributed by atoms with Crippen LogP contribution < -0.4 is 20.1 Å². The van der Waals surface area contributed by atoms with Gasteiger partial charge in [0.25, 0.3) is 0 Å². The Labute approximate surface area is 161 Å². The summed E-state index contributed by atoms with van der Waals surface area (Å²) in [7, 11) is 3.19. The minimum Gasteiger partial charge on any atom is -0.493 e. The van der Waals surface area contributed by atoms with Crippen molar-refractivity contribution in [3.8, 4) is 11.5 Å². The summed E-state index contributed by atoms with van der Waals surface area (Å²) in [4.78, 5) is 17.5. The van der Waals surface area contributed by atoms with Crippen LogP contribution in [0.15, 0.2) is 61.1 Å². The second kappa shape index (κ2) is 7.75. The van der Waals surface area contributed by atoms with Gasteiger partial charge in [-0.25, -0.2) is 9.97 Å². The Kier molecular flexibility index (Phi) is 4.83. The maximum absolute atomic E-state index is 5.43. The summed E-state index contributed by atoms with van der Waals surface area (Å²) >= 11 is 0. The van der Waals surface area contributed by atoms with E-state index in [4.69, 9.17) is 9.47 Å². The summed E-state index contributed by atoms with van der Waals surface area (Å²) < 4.78 is 10.8. The van der Waals surface area contributed by atoms with E-state index in [0.29, 0.717) is 34.6 Å². The molecule has 0 fully saturated rings. The highest BCUT2D eigenvalue weighted by atomic mass is 16.5. The summed E-state index contributed by atoms with van der Waals surface area (Å²) in [5, 5.41) is 7.22. The van der Waals surface area contributed by atoms with Crippen molar-refractivity contribution < 1.29 is 9.47 Å². The normalized spacial score (nSPS) is 10.5. The Balaban J connectivity index is 1.84. The quantitative estimate of drug-likeness (QED) is 0.524. The minimum absolute atomic E-state index is 0.388. The average molecular weight is 374 g/mol. The van der Waals surface area contributed by atoms with Gasteiger partial charge < -0.3 is 20.1 Å². The van der Waals surface area contributed by atoms with Crippen LogP contribution in [0.3, 0.4) is 0 Å². The van der Waals surface area contributed by atoms with Crippen molar-refractivity contribution >= 4 is 34.2 Å². The molecule has 0 saturated heterocycles. The second-order valence-electron chi connectivity index (χ2n) is 5.83. The molecule has 2 N–H and O–H groups in total. The number of para-hydroxylation sites is 1. The smallest absolute Gasteiger partial charge is 0.230 e. The number of nitrogens with one attached hydrogen (secondary N) is 2. The number of benzene rings is 2. The predicted molar refractivity (Wildman–Crippen MR) is 108 cm³/mol. The first-order valence-corrected chi connectivity index (χ1v) is 8.55. The zero-order chi connectivity index (χ0) is 19.3. The summed E-state index contributed by atoms with van der Waals surface area (Å²) in [5.74, 6) is 2.75. The maximum Gasteiger partial charge on any atom is 0.230 e. The monoisotopic (exact) mass is 374 g/mol. The summed E-state index contributed by atoms with van der Waals surface area (Å²) in [5.41, 5.74) is 1.60. The van der Waals surface area contributed by atoms with Crippen LogP contribution >= 0.6 is 0 Å². The van der Waals surface area contributed by atoms with Crippen LogP contribution in [-0.2, 0) is 0 Å². The summed E-state index contributed by atoms with van der Waals surface area (Å²) in [6.07, 6.45) is 4.80. The van der Waals surface area contributed by atoms with Crippen LogP contribution in [0.1, 0.15) is 0 Å². The molecule has 4 rings (SSSR count). The van der Waals surface area contributed by atoms with E-state index in [1.54, 1.807) is 32.8 Å². The molecule has 140 valence electrons. The lowest BCUT2D eigenvalue weighted by Gasteiger charge is -2.14. The minimum atomic E-state index is 0.388. The topological polar surface area (TPSA) is 94.1 Å². The van der Waals surface area contributed by atoms with Crippen molar-refractivity contribution in [1.29, 1.82) is 0 Å². The van der Waals surface area contributed by atoms with Crippen molar-refractivity contribution in [2.24, 2.45) is 0 Å². The van der Waals surface area contributed by atoms with E-state index in [-0.39, 0.29) is 0 Å². The zero-order valence-corrected chi connectivity index (χ0v) is 15.4. The number of rotatable bonds is 6. The second-order valence-corrected chi connectivity index (χ2v) is 5.83. The molecule has 0 atom stereocenters. The highest BCUT2D eigenvalue weighted by Gasteiger charge is 2.14. The lowest BCUT2D eigenvalue weighted by Crippen LogP contribution is -2.04. The summed E-state index contributed by atoms with van der Waals surface area (Å²) in [6.45, 7) is 0. The Morgan fingerprint density at radius 3 is 2.36 bits per heavy atom. The van der Waals surface area contributed by atoms with Gasteiger partial charge in [0.15, 0.2) is 17.3 Å². The van der Waals surface area contributed by atoms with Gasteiger partial charge in [-0.2, -0.15) is 4.98 Å². The van der Waals surface area contributed by atoms with Crippen molar-refractivity contribution in [3.05, 3.63) is 61.1 Å². The lowest BCUT2D eigenvalue weighted by molar-refractivity contribution is 0.356. The third-order valence-electron chi connectivity index (χ3n) is 4.04. The van der Waals surface area contributed by atoms with E-state index >= 15 is 0 Å². The highest BCUT2D eigenvalue weighted by molar-refractivity contribution is 5.94. The van der Waals surface area contributed by atoms with E-state index in [1.807, 2.05) is 42.5 Å². The Morgan fingerprint density at radius 2 is 1.64 bits per heavy atom. The van der Waals surface area contributed by atoms with Gasteiger partial charge in [-0.05, 0) is 18.2 Å². The third-order valence-corrected chi connectivity index (χ3v) is 4.04. The lowest BCUT2D eigenvalue weighted by atomic mass is 10.2. The van der Waals surface area contributed by atoms with Gasteiger partial charge >= 0.3 is 0 Å². The molecule has 0 aliphatic rings. The average Bonchev–Trinajstić information content (AvgIpc) is 2.74. The van der Waals surface area contributed by atoms with Gasteiger partial charge in [-0.15, -0.1) is 0 Å². The van der Waals surface area contributed by atoms with Crippen LogP contribution in [0, 0.1) is 0 Å². The molecule has 2 heterocycles. The first kappa shape index (κ1) is 17.5. The molecule has 0 amide bonds. The highest BCUT2D eigenvalue weighted by Crippen LogP contribution is 2.35. The molecule has 28 heavy (non-hydrogen) atoms. The van der Waals surface area contributed by atoms with E-state index in [1.165, 1.54) is 0 Å². The molecule has 0 bridgehead atoms. The van der Waals surface area contributed by atoms with E-state index in [2.05, 4.69) is 30.6 Å². The fourth-order valence-corrected chi connectivity index (χ4v) is 2.74. The molecule has 4 aromatic rings. The van der Waals surface area contributed by atoms with Gasteiger partial charge in [0, 0.05) is 29.5 Å². The van der Waals surface area contributed by atoms with Crippen LogP contribution in [0.5, 0.6) is 11.5 Å². The van der Waals surface area contributed by atoms with Crippen molar-refractivity contribution in [3.63, 3.8) is 0 Å². The fourth-order valence-electron chi connectivity index (χ4n) is 2.74. The SMILES string of the molecule is COc1cc2nc(Nc3cnccn3)nc(Nc3ccccc3)c2cc1OC. The number of aromatic nitrogens is 4. The molecule has 2 aromatic heterocycles. The maximum atomic E-state index is 5.43. The van der Waals surface area contributed by atoms with Gasteiger partial charge in [0.2, 0.25) is 5.95 Å². The number of methoxy groups -OCH3 is 2.